The molecule has 0 bridgehead atoms. The highest BCUT2D eigenvalue weighted by Gasteiger charge is 2.76. The van der Waals surface area contributed by atoms with E-state index in [2.05, 4.69) is 4.74 Å². The van der Waals surface area contributed by atoms with Gasteiger partial charge in [0.05, 0.1) is 0 Å². The molecule has 0 N–H and O–H groups in total. The third kappa shape index (κ3) is 3.63. The molecule has 0 aliphatic carbocycles. The minimum atomic E-state index is -6.44. The Morgan fingerprint density at radius 2 is 1.22 bits per heavy atom. The number of hydrogen-bond acceptors (Lipinski definition) is 2. The molecular formula is C10H8F11NO. The van der Waals surface area contributed by atoms with Gasteiger partial charge in [0, 0.05) is 13.1 Å². The Labute approximate surface area is 121 Å². The minimum Gasteiger partial charge on any atom is -0.399 e. The Morgan fingerprint density at radius 1 is 0.783 bits per heavy atom. The van der Waals surface area contributed by atoms with E-state index in [-0.39, 0.29) is 17.7 Å². The molecule has 1 aliphatic heterocycles. The molecule has 0 saturated carbocycles. The zero-order chi connectivity index (χ0) is 18.3. The average Bonchev–Trinajstić information content (AvgIpc) is 2.89. The lowest BCUT2D eigenvalue weighted by molar-refractivity contribution is -0.417. The van der Waals surface area contributed by atoms with Crippen LogP contribution < -0.4 is 0 Å². The molecule has 136 valence electrons. The van der Waals surface area contributed by atoms with Crippen LogP contribution in [0, 0.1) is 0 Å². The highest BCUT2D eigenvalue weighted by atomic mass is 19.4. The molecule has 1 fully saturated rings. The molecule has 0 amide bonds. The lowest BCUT2D eigenvalue weighted by Crippen LogP contribution is -2.62. The van der Waals surface area contributed by atoms with Gasteiger partial charge in [0.2, 0.25) is 0 Å². The van der Waals surface area contributed by atoms with Gasteiger partial charge in [-0.1, -0.05) is 0 Å². The van der Waals surface area contributed by atoms with Crippen molar-refractivity contribution < 1.29 is 53.0 Å². The Bertz CT molecular complexity index is 464. The molecule has 0 atom stereocenters. The molecule has 0 radical (unpaired) electrons. The summed E-state index contributed by atoms with van der Waals surface area (Å²) in [5.41, 5.74) is 0. The Morgan fingerprint density at radius 3 is 1.61 bits per heavy atom. The van der Waals surface area contributed by atoms with Crippen LogP contribution in [-0.2, 0) is 4.74 Å². The molecule has 0 spiro atoms. The van der Waals surface area contributed by atoms with Gasteiger partial charge in [-0.05, 0) is 12.8 Å². The quantitative estimate of drug-likeness (QED) is 0.400. The van der Waals surface area contributed by atoms with Crippen LogP contribution in [-0.4, -0.2) is 42.2 Å². The summed E-state index contributed by atoms with van der Waals surface area (Å²) in [4.78, 5) is -0.355. The van der Waals surface area contributed by atoms with Crippen LogP contribution in [0.2, 0.25) is 0 Å². The number of allylic oxidation sites excluding steroid dienone is 1. The number of halogens is 11. The maximum Gasteiger partial charge on any atom is 0.474 e. The van der Waals surface area contributed by atoms with Crippen LogP contribution in [0.3, 0.4) is 0 Å². The van der Waals surface area contributed by atoms with E-state index in [1.165, 1.54) is 0 Å². The summed E-state index contributed by atoms with van der Waals surface area (Å²) in [5, 5.41) is 0. The van der Waals surface area contributed by atoms with Crippen LogP contribution in [0.1, 0.15) is 12.8 Å². The van der Waals surface area contributed by atoms with Gasteiger partial charge in [0.25, 0.3) is 5.83 Å². The largest absolute Gasteiger partial charge is 0.474 e. The fourth-order valence-electron chi connectivity index (χ4n) is 1.70. The second kappa shape index (κ2) is 5.98. The van der Waals surface area contributed by atoms with Crippen molar-refractivity contribution in [3.05, 3.63) is 11.8 Å². The number of nitrogens with zero attached hydrogens (tertiary/aromatic N) is 1. The molecule has 0 aromatic rings. The molecule has 13 heteroatoms. The first-order valence-corrected chi connectivity index (χ1v) is 5.84. The van der Waals surface area contributed by atoms with Crippen molar-refractivity contribution in [2.45, 2.75) is 37.1 Å². The van der Waals surface area contributed by atoms with Gasteiger partial charge in [-0.15, -0.1) is 0 Å². The fraction of sp³-hybridized carbons (Fsp3) is 0.800. The first-order valence-electron chi connectivity index (χ1n) is 5.84. The number of likely N-dealkylation sites (tertiary alicyclic amines) is 1. The SMILES string of the molecule is F/C(OC(F)(F)C(F)(F)C(F)(F)N1CCCC1)=C(/F)C(F)(F)F. The van der Waals surface area contributed by atoms with E-state index in [1.54, 1.807) is 0 Å². The molecule has 23 heavy (non-hydrogen) atoms. The van der Waals surface area contributed by atoms with E-state index in [4.69, 9.17) is 0 Å². The van der Waals surface area contributed by atoms with Gasteiger partial charge >= 0.3 is 30.3 Å². The molecule has 0 unspecified atom stereocenters. The standard InChI is InChI=1S/C10H8F11NO/c11-5(7(13,14)15)6(12)23-10(20,21)8(16,17)9(18,19)22-3-1-2-4-22/h1-4H2/b6-5-. The van der Waals surface area contributed by atoms with Crippen molar-refractivity contribution in [3.8, 4) is 0 Å². The maximum absolute atomic E-state index is 13.4. The summed E-state index contributed by atoms with van der Waals surface area (Å²) in [6.45, 7) is -1.40. The van der Waals surface area contributed by atoms with Crippen LogP contribution >= 0.6 is 0 Å². The van der Waals surface area contributed by atoms with Crippen LogP contribution in [0.15, 0.2) is 11.8 Å². The molecule has 0 aromatic carbocycles. The minimum absolute atomic E-state index is 0.0188. The number of alkyl halides is 9. The smallest absolute Gasteiger partial charge is 0.399 e. The second-order valence-corrected chi connectivity index (χ2v) is 4.51. The zero-order valence-corrected chi connectivity index (χ0v) is 10.8. The molecular weight excluding hydrogens is 359 g/mol. The Kier molecular flexibility index (Phi) is 5.14. The van der Waals surface area contributed by atoms with E-state index in [9.17, 15) is 48.3 Å². The lowest BCUT2D eigenvalue weighted by atomic mass is 10.2. The molecule has 1 aliphatic rings. The summed E-state index contributed by atoms with van der Waals surface area (Å²) >= 11 is 0. The number of rotatable bonds is 5. The summed E-state index contributed by atoms with van der Waals surface area (Å²) in [6, 6.07) is -9.33. The maximum atomic E-state index is 13.4. The monoisotopic (exact) mass is 367 g/mol. The first kappa shape index (κ1) is 19.8. The number of hydrogen-bond donors (Lipinski definition) is 0. The van der Waals surface area contributed by atoms with Crippen molar-refractivity contribution in [2.24, 2.45) is 0 Å². The van der Waals surface area contributed by atoms with Crippen molar-refractivity contribution in [2.75, 3.05) is 13.1 Å². The molecule has 1 saturated heterocycles. The normalized spacial score (nSPS) is 19.8. The molecule has 2 nitrogen and oxygen atoms in total. The van der Waals surface area contributed by atoms with Crippen molar-refractivity contribution >= 4 is 0 Å². The van der Waals surface area contributed by atoms with Gasteiger partial charge in [-0.3, -0.25) is 0 Å². The van der Waals surface area contributed by atoms with Gasteiger partial charge in [-0.25, -0.2) is 4.90 Å². The second-order valence-electron chi connectivity index (χ2n) is 4.51. The molecule has 1 heterocycles. The molecule has 0 aromatic heterocycles. The lowest BCUT2D eigenvalue weighted by Gasteiger charge is -2.36. The van der Waals surface area contributed by atoms with E-state index in [1.807, 2.05) is 0 Å². The highest BCUT2D eigenvalue weighted by Crippen LogP contribution is 2.50. The van der Waals surface area contributed by atoms with Gasteiger partial charge in [-0.2, -0.15) is 48.3 Å². The van der Waals surface area contributed by atoms with Crippen molar-refractivity contribution in [3.63, 3.8) is 0 Å². The predicted octanol–water partition coefficient (Wildman–Crippen LogP) is 4.59. The van der Waals surface area contributed by atoms with Gasteiger partial charge < -0.3 is 4.74 Å². The van der Waals surface area contributed by atoms with Crippen molar-refractivity contribution in [1.82, 2.24) is 4.90 Å². The third-order valence-corrected chi connectivity index (χ3v) is 2.89. The zero-order valence-electron chi connectivity index (χ0n) is 10.8. The third-order valence-electron chi connectivity index (χ3n) is 2.89. The Balaban J connectivity index is 3.09. The van der Waals surface area contributed by atoms with Crippen LogP contribution in [0.5, 0.6) is 0 Å². The topological polar surface area (TPSA) is 12.5 Å². The fourth-order valence-corrected chi connectivity index (χ4v) is 1.70. The highest BCUT2D eigenvalue weighted by molar-refractivity contribution is 5.02. The summed E-state index contributed by atoms with van der Waals surface area (Å²) in [5.74, 6) is -10.3. The number of ether oxygens (including phenoxy) is 1. The average molecular weight is 367 g/mol. The summed E-state index contributed by atoms with van der Waals surface area (Å²) in [7, 11) is 0. The van der Waals surface area contributed by atoms with Crippen molar-refractivity contribution in [1.29, 1.82) is 0 Å². The van der Waals surface area contributed by atoms with Crippen LogP contribution in [0.4, 0.5) is 48.3 Å². The van der Waals surface area contributed by atoms with Gasteiger partial charge in [0.1, 0.15) is 0 Å². The first-order chi connectivity index (χ1) is 10.1. The Hall–Kier alpha value is -1.27. The molecule has 1 rings (SSSR count). The van der Waals surface area contributed by atoms with Crippen LogP contribution in [0.25, 0.3) is 0 Å². The van der Waals surface area contributed by atoms with E-state index in [0.29, 0.717) is 0 Å². The van der Waals surface area contributed by atoms with Gasteiger partial charge in [0.15, 0.2) is 0 Å². The van der Waals surface area contributed by atoms with E-state index < -0.39 is 49.2 Å². The summed E-state index contributed by atoms with van der Waals surface area (Å²) < 4.78 is 142. The predicted molar refractivity (Wildman–Crippen MR) is 52.0 cm³/mol. The van der Waals surface area contributed by atoms with E-state index in [0.717, 1.165) is 0 Å². The van der Waals surface area contributed by atoms with E-state index >= 15 is 0 Å². The summed E-state index contributed by atoms with van der Waals surface area (Å²) in [6.07, 6.45) is -12.6.